The molecule has 3 rings (SSSR count). The summed E-state index contributed by atoms with van der Waals surface area (Å²) in [5.74, 6) is 0.124. The van der Waals surface area contributed by atoms with Gasteiger partial charge in [0.05, 0.1) is 12.6 Å². The second-order valence-corrected chi connectivity index (χ2v) is 8.00. The van der Waals surface area contributed by atoms with Gasteiger partial charge >= 0.3 is 0 Å². The van der Waals surface area contributed by atoms with E-state index in [-0.39, 0.29) is 35.9 Å². The minimum absolute atomic E-state index is 0.0515. The minimum Gasteiger partial charge on any atom is -0.483 e. The maximum absolute atomic E-state index is 12.5. The summed E-state index contributed by atoms with van der Waals surface area (Å²) in [6.45, 7) is 6.84. The van der Waals surface area contributed by atoms with Gasteiger partial charge < -0.3 is 24.8 Å². The number of aliphatic hydroxyl groups excluding tert-OH is 1. The molecule has 2 aliphatic heterocycles. The number of hydrogen-bond donors (Lipinski definition) is 3. The van der Waals surface area contributed by atoms with E-state index in [9.17, 15) is 14.7 Å². The number of aromatic nitrogens is 1. The molecule has 0 radical (unpaired) electrons. The number of carbonyl (C=O) groups is 3. The van der Waals surface area contributed by atoms with Crippen molar-refractivity contribution >= 4 is 18.3 Å². The number of carbonyl (C=O) groups excluding carboxylic acids is 2. The van der Waals surface area contributed by atoms with Crippen LogP contribution in [0.5, 0.6) is 0 Å². The van der Waals surface area contributed by atoms with Gasteiger partial charge in [-0.2, -0.15) is 0 Å². The van der Waals surface area contributed by atoms with Crippen molar-refractivity contribution in [1.29, 1.82) is 0 Å². The highest BCUT2D eigenvalue weighted by atomic mass is 16.3. The van der Waals surface area contributed by atoms with Gasteiger partial charge in [-0.05, 0) is 38.3 Å². The Morgan fingerprint density at radius 3 is 2.53 bits per heavy atom. The number of piperidine rings is 1. The summed E-state index contributed by atoms with van der Waals surface area (Å²) in [6, 6.07) is -0.381. The van der Waals surface area contributed by atoms with Crippen molar-refractivity contribution in [1.82, 2.24) is 20.1 Å². The summed E-state index contributed by atoms with van der Waals surface area (Å²) >= 11 is 0. The average Bonchev–Trinajstić information content (AvgIpc) is 3.36. The first-order valence-corrected chi connectivity index (χ1v) is 10.4. The second-order valence-electron chi connectivity index (χ2n) is 8.00. The highest BCUT2D eigenvalue weighted by Gasteiger charge is 2.30. The van der Waals surface area contributed by atoms with E-state index in [1.807, 2.05) is 13.8 Å². The molecule has 10 heteroatoms. The lowest BCUT2D eigenvalue weighted by molar-refractivity contribution is -0.124. The number of carboxylic acid groups (broad SMARTS) is 1. The molecule has 1 aromatic heterocycles. The van der Waals surface area contributed by atoms with Crippen molar-refractivity contribution in [3.8, 4) is 0 Å². The largest absolute Gasteiger partial charge is 0.483 e. The predicted molar refractivity (Wildman–Crippen MR) is 108 cm³/mol. The molecule has 2 amide bonds. The Kier molecular flexibility index (Phi) is 9.25. The Balaban J connectivity index is 0.00000101. The fourth-order valence-corrected chi connectivity index (χ4v) is 3.67. The van der Waals surface area contributed by atoms with E-state index in [2.05, 4.69) is 15.2 Å². The highest BCUT2D eigenvalue weighted by molar-refractivity contribution is 5.92. The van der Waals surface area contributed by atoms with Crippen LogP contribution in [0.2, 0.25) is 0 Å². The van der Waals surface area contributed by atoms with Gasteiger partial charge in [-0.25, -0.2) is 4.98 Å². The van der Waals surface area contributed by atoms with E-state index >= 15 is 0 Å². The molecule has 0 aromatic carbocycles. The van der Waals surface area contributed by atoms with Gasteiger partial charge in [-0.1, -0.05) is 20.3 Å². The van der Waals surface area contributed by atoms with Crippen molar-refractivity contribution < 1.29 is 29.0 Å². The first-order chi connectivity index (χ1) is 14.3. The lowest BCUT2D eigenvalue weighted by Gasteiger charge is -2.27. The van der Waals surface area contributed by atoms with Crippen LogP contribution in [-0.4, -0.2) is 82.1 Å². The molecule has 0 unspecified atom stereocenters. The summed E-state index contributed by atoms with van der Waals surface area (Å²) < 4.78 is 5.54. The summed E-state index contributed by atoms with van der Waals surface area (Å²) in [6.07, 6.45) is 4.95. The van der Waals surface area contributed by atoms with E-state index in [0.29, 0.717) is 31.9 Å². The normalized spacial score (nSPS) is 20.4. The van der Waals surface area contributed by atoms with Crippen molar-refractivity contribution in [2.45, 2.75) is 51.7 Å². The SMILES string of the molecule is CC(C)[C@H](NC(=O)CN1CCCCC1)c1nc(C(=O)N2CC[C@@H](O)C2)co1.O=CO. The molecule has 3 heterocycles. The van der Waals surface area contributed by atoms with E-state index < -0.39 is 6.10 Å². The van der Waals surface area contributed by atoms with Gasteiger partial charge in [0, 0.05) is 13.1 Å². The van der Waals surface area contributed by atoms with E-state index in [1.54, 1.807) is 4.90 Å². The van der Waals surface area contributed by atoms with Gasteiger partial charge in [-0.3, -0.25) is 19.3 Å². The number of rotatable bonds is 6. The summed E-state index contributed by atoms with van der Waals surface area (Å²) in [5, 5.41) is 19.5. The Hall–Kier alpha value is -2.46. The van der Waals surface area contributed by atoms with Gasteiger partial charge in [0.25, 0.3) is 12.4 Å². The predicted octanol–water partition coefficient (Wildman–Crippen LogP) is 0.881. The molecule has 0 bridgehead atoms. The molecule has 0 saturated carbocycles. The van der Waals surface area contributed by atoms with Crippen LogP contribution >= 0.6 is 0 Å². The second kappa shape index (κ2) is 11.7. The topological polar surface area (TPSA) is 136 Å². The van der Waals surface area contributed by atoms with Crippen LogP contribution in [0.3, 0.4) is 0 Å². The fourth-order valence-electron chi connectivity index (χ4n) is 3.67. The molecule has 0 spiro atoms. The summed E-state index contributed by atoms with van der Waals surface area (Å²) in [7, 11) is 0. The number of nitrogens with one attached hydrogen (secondary N) is 1. The van der Waals surface area contributed by atoms with E-state index in [4.69, 9.17) is 14.3 Å². The van der Waals surface area contributed by atoms with Crippen LogP contribution in [0, 0.1) is 5.92 Å². The third-order valence-corrected chi connectivity index (χ3v) is 5.26. The zero-order chi connectivity index (χ0) is 22.1. The summed E-state index contributed by atoms with van der Waals surface area (Å²) in [4.78, 5) is 41.4. The lowest BCUT2D eigenvalue weighted by Crippen LogP contribution is -2.42. The smallest absolute Gasteiger partial charge is 0.290 e. The van der Waals surface area contributed by atoms with Crippen LogP contribution < -0.4 is 5.32 Å². The van der Waals surface area contributed by atoms with Crippen molar-refractivity contribution in [2.24, 2.45) is 5.92 Å². The number of hydrogen-bond acceptors (Lipinski definition) is 7. The number of oxazole rings is 1. The first-order valence-electron chi connectivity index (χ1n) is 10.4. The fraction of sp³-hybridized carbons (Fsp3) is 0.700. The maximum atomic E-state index is 12.5. The Bertz CT molecular complexity index is 701. The minimum atomic E-state index is -0.474. The molecule has 168 valence electrons. The van der Waals surface area contributed by atoms with Crippen LogP contribution in [0.1, 0.15) is 62.0 Å². The monoisotopic (exact) mass is 424 g/mol. The van der Waals surface area contributed by atoms with E-state index in [1.165, 1.54) is 12.7 Å². The molecule has 10 nitrogen and oxygen atoms in total. The molecule has 3 N–H and O–H groups in total. The maximum Gasteiger partial charge on any atom is 0.290 e. The standard InChI is InChI=1S/C19H30N4O4.CH2O2/c1-13(2)17(21-16(25)11-22-7-4-3-5-8-22)18-20-15(12-27-18)19(26)23-9-6-14(24)10-23;2-1-3/h12-14,17,24H,3-11H2,1-2H3,(H,21,25);1H,(H,2,3)/t14-,17+;/m1./s1. The molecule has 0 aliphatic carbocycles. The average molecular weight is 424 g/mol. The molecule has 2 fully saturated rings. The van der Waals surface area contributed by atoms with Gasteiger partial charge in [0.1, 0.15) is 12.3 Å². The van der Waals surface area contributed by atoms with Crippen LogP contribution in [-0.2, 0) is 9.59 Å². The zero-order valence-electron chi connectivity index (χ0n) is 17.6. The van der Waals surface area contributed by atoms with Crippen molar-refractivity contribution in [2.75, 3.05) is 32.7 Å². The van der Waals surface area contributed by atoms with Crippen LogP contribution in [0.25, 0.3) is 0 Å². The van der Waals surface area contributed by atoms with Crippen LogP contribution in [0.4, 0.5) is 0 Å². The molecule has 1 aromatic rings. The zero-order valence-corrected chi connectivity index (χ0v) is 17.6. The highest BCUT2D eigenvalue weighted by Crippen LogP contribution is 2.22. The molecule has 2 saturated heterocycles. The molecular weight excluding hydrogens is 392 g/mol. The number of nitrogens with zero attached hydrogens (tertiary/aromatic N) is 3. The molecule has 2 atom stereocenters. The first kappa shape index (κ1) is 23.8. The van der Waals surface area contributed by atoms with Gasteiger partial charge in [0.15, 0.2) is 5.69 Å². The van der Waals surface area contributed by atoms with Crippen molar-refractivity contribution in [3.63, 3.8) is 0 Å². The quantitative estimate of drug-likeness (QED) is 0.573. The number of aliphatic hydroxyl groups is 1. The van der Waals surface area contributed by atoms with E-state index in [0.717, 1.165) is 25.9 Å². The number of likely N-dealkylation sites (tertiary alicyclic amines) is 2. The number of amides is 2. The Morgan fingerprint density at radius 1 is 1.30 bits per heavy atom. The Labute approximate surface area is 176 Å². The Morgan fingerprint density at radius 2 is 1.97 bits per heavy atom. The third-order valence-electron chi connectivity index (χ3n) is 5.26. The van der Waals surface area contributed by atoms with Crippen LogP contribution in [0.15, 0.2) is 10.7 Å². The van der Waals surface area contributed by atoms with Gasteiger partial charge in [0.2, 0.25) is 11.8 Å². The molecule has 30 heavy (non-hydrogen) atoms. The third kappa shape index (κ3) is 6.81. The lowest BCUT2D eigenvalue weighted by atomic mass is 10.0. The summed E-state index contributed by atoms with van der Waals surface area (Å²) in [5.41, 5.74) is 0.218. The van der Waals surface area contributed by atoms with Gasteiger partial charge in [-0.15, -0.1) is 0 Å². The molecular formula is C20H32N4O6. The number of β-amino-alcohol motifs (C(OH)–C–C–N with tert-alkyl or cyclic N) is 1. The van der Waals surface area contributed by atoms with Crippen molar-refractivity contribution in [3.05, 3.63) is 17.8 Å². The molecule has 2 aliphatic rings.